The predicted octanol–water partition coefficient (Wildman–Crippen LogP) is 11.6. The number of carboxylic acids is 1. The van der Waals surface area contributed by atoms with Gasteiger partial charge >= 0.3 is 47.8 Å². The molecule has 0 aliphatic carbocycles. The van der Waals surface area contributed by atoms with Gasteiger partial charge in [0.25, 0.3) is 0 Å². The summed E-state index contributed by atoms with van der Waals surface area (Å²) >= 11 is 0. The van der Waals surface area contributed by atoms with Gasteiger partial charge in [-0.15, -0.1) is 0 Å². The number of hydrogen-bond donors (Lipinski definition) is 2. The van der Waals surface area contributed by atoms with Crippen molar-refractivity contribution in [3.8, 4) is 0 Å². The minimum Gasteiger partial charge on any atom is -0.481 e. The Bertz CT molecular complexity index is 2790. The monoisotopic (exact) mass is 1430 g/mol. The second kappa shape index (κ2) is 47.6. The summed E-state index contributed by atoms with van der Waals surface area (Å²) in [6.45, 7) is 34.6. The first-order valence-electron chi connectivity index (χ1n) is 35.8. The Balaban J connectivity index is 0.000000335. The van der Waals surface area contributed by atoms with Gasteiger partial charge in [-0.05, 0) is 97.0 Å². The van der Waals surface area contributed by atoms with E-state index in [9.17, 15) is 38.4 Å². The lowest BCUT2D eigenvalue weighted by Crippen LogP contribution is -2.49. The van der Waals surface area contributed by atoms with Crippen LogP contribution >= 0.6 is 0 Å². The standard InChI is InChI=1S/C23H34O6.C16H28O6.C13H22O5.C12H19NO4.C12H16O3/c1-16-17(2)21(15-27-19(4)24)29-23(18(16)3)26-13-9-8-12-22(25)28-14-20-10-6-5-7-11-20;1-10-11(2)14(9-21-13(4)17)22-16(12(10)3)20-8-6-5-7-15(18)19;1-7-8(2)12(6-16-10(4)14)18-13(9(7)3)17-11(5)15;1-6-7(2)11-12(16-8(3)13-11)17-10(6)5-15-9(4)14;13-9-5-4-8-12(14)15-10-11-6-2-1-3-7-11/h5-7,10-11,16-18,21,23H,8-9,12-15H2,1-4H3;10-12,14,16H,5-9H2,1-4H3,(H,18,19);7-9,12-13H,6H2,1-5H3;6-7,10-12H,5H2,1-4H3;1-3,6-7,13H,4-5,8-10H2/t16-,17+,18?,21?,23+;10-,11+,12?,14?,16+;7-,8+,9?,12?,13+;6-,7+,10?,11?,12-;/m0001./s1. The van der Waals surface area contributed by atoms with Crippen LogP contribution in [0.4, 0.5) is 0 Å². The highest BCUT2D eigenvalue weighted by molar-refractivity contribution is 5.75. The van der Waals surface area contributed by atoms with Gasteiger partial charge in [-0.25, -0.2) is 4.99 Å². The zero-order valence-electron chi connectivity index (χ0n) is 62.9. The smallest absolute Gasteiger partial charge is 0.306 e. The molecule has 4 saturated heterocycles. The van der Waals surface area contributed by atoms with E-state index < -0.39 is 12.3 Å². The van der Waals surface area contributed by atoms with Gasteiger partial charge in [0, 0.05) is 98.4 Å². The summed E-state index contributed by atoms with van der Waals surface area (Å²) in [5.41, 5.74) is 1.98. The first kappa shape index (κ1) is 88.6. The van der Waals surface area contributed by atoms with Gasteiger partial charge in [0.05, 0.1) is 24.4 Å². The first-order chi connectivity index (χ1) is 47.8. The average molecular weight is 1430 g/mol. The molecule has 20 atom stereocenters. The Morgan fingerprint density at radius 3 is 1.12 bits per heavy atom. The number of nitrogens with zero attached hydrogens (tertiary/aromatic N) is 1. The number of hydrogen-bond acceptors (Lipinski definition) is 24. The summed E-state index contributed by atoms with van der Waals surface area (Å²) in [4.78, 5) is 92.7. The number of aliphatic imine (C=N–C) groups is 1. The largest absolute Gasteiger partial charge is 0.481 e. The molecule has 5 aliphatic rings. The van der Waals surface area contributed by atoms with Crippen LogP contribution in [0.1, 0.15) is 187 Å². The van der Waals surface area contributed by atoms with Crippen molar-refractivity contribution in [3.63, 3.8) is 0 Å². The second-order valence-corrected chi connectivity index (χ2v) is 27.2. The Kier molecular flexibility index (Phi) is 41.8. The minimum absolute atomic E-state index is 0.0681. The van der Waals surface area contributed by atoms with Gasteiger partial charge in [-0.3, -0.25) is 38.4 Å². The van der Waals surface area contributed by atoms with Gasteiger partial charge in [0.1, 0.15) is 45.7 Å². The van der Waals surface area contributed by atoms with Gasteiger partial charge in [0.2, 0.25) is 12.6 Å². The zero-order valence-corrected chi connectivity index (χ0v) is 62.9. The van der Waals surface area contributed by atoms with Crippen molar-refractivity contribution in [1.29, 1.82) is 0 Å². The van der Waals surface area contributed by atoms with E-state index in [0.717, 1.165) is 17.5 Å². The molecular weight excluding hydrogens is 1310 g/mol. The Morgan fingerprint density at radius 2 is 0.752 bits per heavy atom. The number of benzene rings is 2. The minimum atomic E-state index is -0.786. The summed E-state index contributed by atoms with van der Waals surface area (Å²) in [7, 11) is 0. The van der Waals surface area contributed by atoms with Crippen LogP contribution in [0.2, 0.25) is 0 Å². The third-order valence-corrected chi connectivity index (χ3v) is 19.6. The molecule has 0 bridgehead atoms. The Labute approximate surface area is 598 Å². The lowest BCUT2D eigenvalue weighted by atomic mass is 9.79. The van der Waals surface area contributed by atoms with Crippen LogP contribution in [-0.4, -0.2) is 166 Å². The van der Waals surface area contributed by atoms with Crippen LogP contribution in [0.5, 0.6) is 0 Å². The van der Waals surface area contributed by atoms with Crippen LogP contribution in [0.25, 0.3) is 0 Å². The summed E-state index contributed by atoms with van der Waals surface area (Å²) in [6.07, 6.45) is 2.78. The molecule has 0 radical (unpaired) electrons. The summed E-state index contributed by atoms with van der Waals surface area (Å²) in [6, 6.07) is 19.3. The fraction of sp³-hybridized carbons (Fsp3) is 0.724. The average Bonchev–Trinajstić information content (AvgIpc) is 1.75. The maximum atomic E-state index is 11.9. The van der Waals surface area contributed by atoms with Crippen LogP contribution in [-0.2, 0) is 118 Å². The van der Waals surface area contributed by atoms with E-state index in [1.54, 1.807) is 0 Å². The topological polar surface area (TPSA) is 319 Å². The lowest BCUT2D eigenvalue weighted by molar-refractivity contribution is -0.255. The summed E-state index contributed by atoms with van der Waals surface area (Å²) < 4.78 is 76.5. The number of rotatable bonds is 29. The third kappa shape index (κ3) is 33.6. The number of aliphatic hydroxyl groups is 1. The second-order valence-electron chi connectivity index (χ2n) is 27.2. The normalized spacial score (nSPS) is 29.2. The first-order valence-corrected chi connectivity index (χ1v) is 35.8. The van der Waals surface area contributed by atoms with Crippen LogP contribution in [0.3, 0.4) is 0 Å². The molecule has 2 N–H and O–H groups in total. The molecule has 101 heavy (non-hydrogen) atoms. The number of fused-ring (bicyclic) bond motifs is 1. The van der Waals surface area contributed by atoms with Crippen LogP contribution in [0, 0.1) is 65.1 Å². The fourth-order valence-electron chi connectivity index (χ4n) is 11.8. The highest BCUT2D eigenvalue weighted by Gasteiger charge is 2.47. The number of ether oxygens (including phenoxy) is 14. The molecule has 8 unspecified atom stereocenters. The molecule has 2 aromatic carbocycles. The van der Waals surface area contributed by atoms with Crippen molar-refractivity contribution in [3.05, 3.63) is 71.8 Å². The molecule has 2 aromatic rings. The van der Waals surface area contributed by atoms with Gasteiger partial charge in [0.15, 0.2) is 18.5 Å². The van der Waals surface area contributed by atoms with Crippen molar-refractivity contribution in [2.45, 2.75) is 244 Å². The fourth-order valence-corrected chi connectivity index (χ4v) is 11.8. The van der Waals surface area contributed by atoms with Crippen molar-refractivity contribution in [1.82, 2.24) is 0 Å². The molecular formula is C76H119NO24. The molecule has 5 aliphatic heterocycles. The van der Waals surface area contributed by atoms with Crippen molar-refractivity contribution in [2.75, 3.05) is 46.2 Å². The van der Waals surface area contributed by atoms with Gasteiger partial charge < -0.3 is 76.5 Å². The number of aliphatic hydroxyl groups excluding tert-OH is 1. The highest BCUT2D eigenvalue weighted by atomic mass is 16.7. The van der Waals surface area contributed by atoms with Gasteiger partial charge in [-0.2, -0.15) is 0 Å². The zero-order chi connectivity index (χ0) is 75.3. The van der Waals surface area contributed by atoms with Gasteiger partial charge in [-0.1, -0.05) is 137 Å². The van der Waals surface area contributed by atoms with E-state index in [2.05, 4.69) is 74.2 Å². The number of esters is 7. The van der Waals surface area contributed by atoms with E-state index in [4.69, 9.17) is 76.5 Å². The number of aliphatic carboxylic acids is 1. The summed E-state index contributed by atoms with van der Waals surface area (Å²) in [5.74, 6) is 1.05. The quantitative estimate of drug-likeness (QED) is 0.0434. The molecule has 572 valence electrons. The molecule has 5 heterocycles. The van der Waals surface area contributed by atoms with E-state index >= 15 is 0 Å². The molecule has 0 saturated carbocycles. The highest BCUT2D eigenvalue weighted by Crippen LogP contribution is 2.39. The number of carboxylic acid groups (broad SMARTS) is 1. The van der Waals surface area contributed by atoms with E-state index in [0.29, 0.717) is 101 Å². The Hall–Kier alpha value is -6.61. The Morgan fingerprint density at radius 1 is 0.406 bits per heavy atom. The molecule has 0 amide bonds. The maximum absolute atomic E-state index is 11.9. The van der Waals surface area contributed by atoms with E-state index in [-0.39, 0.29) is 172 Å². The third-order valence-electron chi connectivity index (χ3n) is 19.6. The maximum Gasteiger partial charge on any atom is 0.306 e. The van der Waals surface area contributed by atoms with E-state index in [1.807, 2.05) is 74.5 Å². The molecule has 7 rings (SSSR count). The van der Waals surface area contributed by atoms with Crippen LogP contribution < -0.4 is 0 Å². The van der Waals surface area contributed by atoms with Crippen molar-refractivity contribution < 1.29 is 115 Å². The summed E-state index contributed by atoms with van der Waals surface area (Å²) in [5, 5.41) is 17.1. The number of unbranched alkanes of at least 4 members (excludes halogenated alkanes) is 3. The van der Waals surface area contributed by atoms with Crippen molar-refractivity contribution in [2.24, 2.45) is 70.1 Å². The SMILES string of the molecule is CC(=O)OCC1O[C@@H](OC(C)=O)C(C)[C@@H](C)[C@H]1C.CC(=O)OCC1O[C@@H](OCCCCC(=O)O)C(C)[C@@H](C)[C@H]1C.CC(=O)OCC1O[C@@H](OCCCCC(=O)OCc2ccccc2)C(C)[C@@H](C)[C@H]1C.CC(=O)OCC1O[C@H]2OC(C)=NC2[C@@H](C)[C@H]1C.O=C(CCCCO)OCc1ccccc1. The molecule has 25 nitrogen and oxygen atoms in total. The van der Waals surface area contributed by atoms with Crippen LogP contribution in [0.15, 0.2) is 65.7 Å². The number of carbonyl (C=O) groups excluding carboxylic acids is 7. The van der Waals surface area contributed by atoms with Crippen molar-refractivity contribution >= 4 is 53.7 Å². The predicted molar refractivity (Wildman–Crippen MR) is 372 cm³/mol. The molecule has 25 heteroatoms. The number of carbonyl (C=O) groups is 8. The molecule has 0 aromatic heterocycles. The van der Waals surface area contributed by atoms with E-state index in [1.165, 1.54) is 34.6 Å². The lowest BCUT2D eigenvalue weighted by Gasteiger charge is -2.43. The molecule has 0 spiro atoms. The molecule has 4 fully saturated rings.